The van der Waals surface area contributed by atoms with Crippen molar-refractivity contribution in [2.24, 2.45) is 5.10 Å². The van der Waals surface area contributed by atoms with Gasteiger partial charge in [-0.25, -0.2) is 13.8 Å². The van der Waals surface area contributed by atoms with E-state index in [-0.39, 0.29) is 17.9 Å². The zero-order valence-corrected chi connectivity index (χ0v) is 20.0. The van der Waals surface area contributed by atoms with Crippen molar-refractivity contribution < 1.29 is 13.2 Å². The first kappa shape index (κ1) is 24.1. The summed E-state index contributed by atoms with van der Waals surface area (Å²) in [5.74, 6) is -0.220. The molecule has 0 saturated carbocycles. The van der Waals surface area contributed by atoms with Crippen molar-refractivity contribution in [3.05, 3.63) is 65.2 Å². The van der Waals surface area contributed by atoms with Gasteiger partial charge in [-0.15, -0.1) is 0 Å². The molecule has 7 nitrogen and oxygen atoms in total. The predicted octanol–water partition coefficient (Wildman–Crippen LogP) is 2.75. The summed E-state index contributed by atoms with van der Waals surface area (Å²) >= 11 is 0. The van der Waals surface area contributed by atoms with E-state index in [9.17, 15) is 13.2 Å². The molecule has 0 spiro atoms. The fourth-order valence-corrected chi connectivity index (χ4v) is 4.90. The van der Waals surface area contributed by atoms with E-state index in [1.165, 1.54) is 9.87 Å². The number of carbonyl (C=O) groups is 1. The number of nitrogens with zero attached hydrogens (tertiary/aromatic N) is 3. The molecule has 1 aliphatic heterocycles. The topological polar surface area (TPSA) is 82.1 Å². The fraction of sp³-hybridized carbons (Fsp3) is 0.417. The lowest BCUT2D eigenvalue weighted by Crippen LogP contribution is -2.50. The molecule has 0 atom stereocenters. The number of hydrazone groups is 1. The molecule has 1 heterocycles. The van der Waals surface area contributed by atoms with Gasteiger partial charge in [-0.05, 0) is 35.6 Å². The van der Waals surface area contributed by atoms with Gasteiger partial charge in [-0.3, -0.25) is 9.69 Å². The van der Waals surface area contributed by atoms with Crippen molar-refractivity contribution in [2.75, 3.05) is 32.7 Å². The van der Waals surface area contributed by atoms with E-state index in [1.807, 2.05) is 24.0 Å². The van der Waals surface area contributed by atoms with Gasteiger partial charge < -0.3 is 0 Å². The molecular formula is C24H32N4O3S. The highest BCUT2D eigenvalue weighted by molar-refractivity contribution is 7.89. The van der Waals surface area contributed by atoms with Gasteiger partial charge in [0.2, 0.25) is 10.0 Å². The van der Waals surface area contributed by atoms with Crippen molar-refractivity contribution in [1.82, 2.24) is 14.6 Å². The van der Waals surface area contributed by atoms with Crippen molar-refractivity contribution in [3.8, 4) is 0 Å². The second kappa shape index (κ2) is 9.94. The van der Waals surface area contributed by atoms with Crippen LogP contribution < -0.4 is 5.43 Å². The van der Waals surface area contributed by atoms with Crippen LogP contribution in [-0.4, -0.2) is 62.5 Å². The van der Waals surface area contributed by atoms with Crippen LogP contribution in [0.25, 0.3) is 0 Å². The highest BCUT2D eigenvalue weighted by Gasteiger charge is 2.28. The molecule has 32 heavy (non-hydrogen) atoms. The molecule has 1 N–H and O–H groups in total. The minimum atomic E-state index is -3.51. The number of benzene rings is 2. The van der Waals surface area contributed by atoms with Crippen LogP contribution in [0.2, 0.25) is 0 Å². The number of piperazine rings is 1. The second-order valence-electron chi connectivity index (χ2n) is 9.16. The molecule has 1 fully saturated rings. The van der Waals surface area contributed by atoms with E-state index in [0.717, 1.165) is 11.1 Å². The third kappa shape index (κ3) is 6.25. The molecule has 0 radical (unpaired) electrons. The quantitative estimate of drug-likeness (QED) is 0.535. The summed E-state index contributed by atoms with van der Waals surface area (Å²) in [6.07, 6.45) is 1.62. The summed E-state index contributed by atoms with van der Waals surface area (Å²) in [6, 6.07) is 15.0. The Morgan fingerprint density at radius 1 is 1.00 bits per heavy atom. The number of sulfonamides is 1. The number of hydrogen-bond acceptors (Lipinski definition) is 5. The number of aryl methyl sites for hydroxylation is 1. The highest BCUT2D eigenvalue weighted by Crippen LogP contribution is 2.22. The minimum absolute atomic E-state index is 0.0907. The Morgan fingerprint density at radius 3 is 2.16 bits per heavy atom. The van der Waals surface area contributed by atoms with Crippen molar-refractivity contribution in [1.29, 1.82) is 0 Å². The van der Waals surface area contributed by atoms with Gasteiger partial charge in [0.25, 0.3) is 5.91 Å². The molecule has 8 heteroatoms. The van der Waals surface area contributed by atoms with Gasteiger partial charge in [0.15, 0.2) is 0 Å². The normalized spacial score (nSPS) is 16.4. The molecule has 0 aliphatic carbocycles. The maximum Gasteiger partial charge on any atom is 0.254 e. The van der Waals surface area contributed by atoms with Crippen LogP contribution in [0.15, 0.2) is 58.5 Å². The van der Waals surface area contributed by atoms with Crippen LogP contribution in [0.3, 0.4) is 0 Å². The van der Waals surface area contributed by atoms with Gasteiger partial charge in [-0.2, -0.15) is 9.41 Å². The lowest BCUT2D eigenvalue weighted by molar-refractivity contribution is -0.122. The van der Waals surface area contributed by atoms with Gasteiger partial charge in [0.05, 0.1) is 17.7 Å². The average molecular weight is 457 g/mol. The first-order valence-electron chi connectivity index (χ1n) is 10.8. The van der Waals surface area contributed by atoms with Gasteiger partial charge in [0, 0.05) is 26.2 Å². The van der Waals surface area contributed by atoms with Gasteiger partial charge in [-0.1, -0.05) is 62.7 Å². The Bertz CT molecular complexity index is 1050. The van der Waals surface area contributed by atoms with E-state index < -0.39 is 10.0 Å². The zero-order valence-electron chi connectivity index (χ0n) is 19.2. The summed E-state index contributed by atoms with van der Waals surface area (Å²) < 4.78 is 27.1. The molecule has 0 aromatic heterocycles. The molecule has 0 bridgehead atoms. The summed E-state index contributed by atoms with van der Waals surface area (Å²) in [7, 11) is -3.51. The number of amides is 1. The van der Waals surface area contributed by atoms with Crippen LogP contribution in [0, 0.1) is 6.92 Å². The average Bonchev–Trinajstić information content (AvgIpc) is 2.74. The van der Waals surface area contributed by atoms with E-state index in [0.29, 0.717) is 31.1 Å². The fourth-order valence-electron chi connectivity index (χ4n) is 3.47. The van der Waals surface area contributed by atoms with Gasteiger partial charge in [0.1, 0.15) is 0 Å². The number of nitrogens with one attached hydrogen (secondary N) is 1. The third-order valence-corrected chi connectivity index (χ3v) is 7.45. The smallest absolute Gasteiger partial charge is 0.254 e. The Labute approximate surface area is 191 Å². The summed E-state index contributed by atoms with van der Waals surface area (Å²) in [5, 5.41) is 4.04. The van der Waals surface area contributed by atoms with Crippen LogP contribution in [0.4, 0.5) is 0 Å². The monoisotopic (exact) mass is 456 g/mol. The van der Waals surface area contributed by atoms with Crippen LogP contribution in [0.1, 0.15) is 37.5 Å². The van der Waals surface area contributed by atoms with Crippen LogP contribution in [-0.2, 0) is 20.2 Å². The third-order valence-electron chi connectivity index (χ3n) is 5.54. The predicted molar refractivity (Wildman–Crippen MR) is 127 cm³/mol. The number of hydrogen-bond donors (Lipinski definition) is 1. The summed E-state index contributed by atoms with van der Waals surface area (Å²) in [6.45, 7) is 10.3. The molecule has 1 saturated heterocycles. The molecule has 172 valence electrons. The lowest BCUT2D eigenvalue weighted by atomic mass is 9.87. The highest BCUT2D eigenvalue weighted by atomic mass is 32.2. The largest absolute Gasteiger partial charge is 0.292 e. The Kier molecular flexibility index (Phi) is 7.48. The first-order valence-corrected chi connectivity index (χ1v) is 12.2. The Hall–Kier alpha value is -2.55. The maximum absolute atomic E-state index is 12.8. The Morgan fingerprint density at radius 2 is 1.59 bits per heavy atom. The molecular weight excluding hydrogens is 424 g/mol. The number of carbonyl (C=O) groups excluding carboxylic acids is 1. The standard InChI is InChI=1S/C24H32N4O3S/c1-19-5-11-22(12-6-19)32(30,31)28-15-13-27(14-16-28)18-23(29)26-25-17-20-7-9-21(10-8-20)24(2,3)4/h5-12,17H,13-16,18H2,1-4H3,(H,26,29)/b25-17-. The van der Waals surface area contributed by atoms with Crippen molar-refractivity contribution in [3.63, 3.8) is 0 Å². The summed E-state index contributed by atoms with van der Waals surface area (Å²) in [4.78, 5) is 14.5. The van der Waals surface area contributed by atoms with E-state index in [2.05, 4.69) is 43.4 Å². The number of rotatable bonds is 6. The first-order chi connectivity index (χ1) is 15.1. The maximum atomic E-state index is 12.8. The van der Waals surface area contributed by atoms with E-state index in [4.69, 9.17) is 0 Å². The van der Waals surface area contributed by atoms with Gasteiger partial charge >= 0.3 is 0 Å². The molecule has 0 unspecified atom stereocenters. The minimum Gasteiger partial charge on any atom is -0.292 e. The van der Waals surface area contributed by atoms with Crippen molar-refractivity contribution >= 4 is 22.1 Å². The molecule has 2 aromatic carbocycles. The zero-order chi connectivity index (χ0) is 23.4. The van der Waals surface area contributed by atoms with E-state index >= 15 is 0 Å². The summed E-state index contributed by atoms with van der Waals surface area (Å²) in [5.41, 5.74) is 5.81. The molecule has 1 amide bonds. The van der Waals surface area contributed by atoms with E-state index in [1.54, 1.807) is 30.5 Å². The van der Waals surface area contributed by atoms with Crippen molar-refractivity contribution in [2.45, 2.75) is 38.0 Å². The SMILES string of the molecule is Cc1ccc(S(=O)(=O)N2CCN(CC(=O)N/N=C\c3ccc(C(C)(C)C)cc3)CC2)cc1. The second-order valence-corrected chi connectivity index (χ2v) is 11.1. The van der Waals surface area contributed by atoms with Crippen LogP contribution >= 0.6 is 0 Å². The lowest BCUT2D eigenvalue weighted by Gasteiger charge is -2.33. The molecule has 1 aliphatic rings. The molecule has 3 rings (SSSR count). The molecule has 2 aromatic rings. The Balaban J connectivity index is 1.46. The van der Waals surface area contributed by atoms with Crippen LogP contribution in [0.5, 0.6) is 0 Å².